The van der Waals surface area contributed by atoms with Crippen molar-refractivity contribution in [3.8, 4) is 0 Å². The van der Waals surface area contributed by atoms with Crippen LogP contribution in [-0.2, 0) is 14.3 Å². The third kappa shape index (κ3) is 2.14. The summed E-state index contributed by atoms with van der Waals surface area (Å²) in [6.07, 6.45) is -0.440. The molecule has 1 saturated heterocycles. The Hall–Kier alpha value is -0.710. The maximum absolute atomic E-state index is 10.6. The van der Waals surface area contributed by atoms with Gasteiger partial charge in [-0.15, -0.1) is 0 Å². The number of aliphatic carboxylic acids is 1. The Balaban J connectivity index is 2.52. The van der Waals surface area contributed by atoms with Crippen molar-refractivity contribution < 1.29 is 19.4 Å². The fourth-order valence-electron chi connectivity index (χ4n) is 1.09. The second-order valence-corrected chi connectivity index (χ2v) is 3.70. The smallest absolute Gasteiger partial charge is 0.311 e. The topological polar surface area (TPSA) is 63.6 Å². The van der Waals surface area contributed by atoms with Crippen molar-refractivity contribution in [2.24, 2.45) is 5.92 Å². The Morgan fingerprint density at radius 1 is 1.50 bits per heavy atom. The minimum absolute atomic E-state index is 0.409. The van der Waals surface area contributed by atoms with E-state index in [-0.39, 0.29) is 0 Å². The lowest BCUT2D eigenvalue weighted by atomic mass is 10.1. The van der Waals surface area contributed by atoms with Crippen molar-refractivity contribution >= 4 is 23.7 Å². The first-order valence-electron chi connectivity index (χ1n) is 3.59. The van der Waals surface area contributed by atoms with Gasteiger partial charge in [-0.05, 0) is 0 Å². The Labute approximate surface area is 74.3 Å². The highest BCUT2D eigenvalue weighted by atomic mass is 32.2. The second-order valence-electron chi connectivity index (χ2n) is 2.63. The molecule has 68 valence electrons. The van der Waals surface area contributed by atoms with Gasteiger partial charge in [0.05, 0.1) is 0 Å². The van der Waals surface area contributed by atoms with E-state index in [0.717, 1.165) is 0 Å². The average Bonchev–Trinajstić information content (AvgIpc) is 2.33. The van der Waals surface area contributed by atoms with Crippen molar-refractivity contribution in [2.45, 2.75) is 13.0 Å². The molecule has 0 aromatic heterocycles. The number of carbonyl (C=O) groups excluding carboxylic acids is 1. The highest BCUT2D eigenvalue weighted by Crippen LogP contribution is 2.26. The maximum atomic E-state index is 10.6. The summed E-state index contributed by atoms with van der Waals surface area (Å²) in [5.74, 6) is -0.692. The van der Waals surface area contributed by atoms with Gasteiger partial charge in [0.25, 0.3) is 0 Å². The standard InChI is InChI=1S/C7H10O4S/c1-4(8)11-6-3-12-2-5(6)7(9)10/h5-6H,2-3H2,1H3,(H,9,10). The molecule has 2 unspecified atom stereocenters. The lowest BCUT2D eigenvalue weighted by Gasteiger charge is -2.13. The molecule has 0 radical (unpaired) electrons. The van der Waals surface area contributed by atoms with Gasteiger partial charge in [-0.25, -0.2) is 0 Å². The summed E-state index contributed by atoms with van der Waals surface area (Å²) in [7, 11) is 0. The highest BCUT2D eigenvalue weighted by Gasteiger charge is 2.35. The molecule has 0 spiro atoms. The molecule has 0 saturated carbocycles. The van der Waals surface area contributed by atoms with Gasteiger partial charge in [0.2, 0.25) is 0 Å². The fourth-order valence-corrected chi connectivity index (χ4v) is 2.37. The Morgan fingerprint density at radius 3 is 2.67 bits per heavy atom. The number of hydrogen-bond acceptors (Lipinski definition) is 4. The van der Waals surface area contributed by atoms with Crippen LogP contribution >= 0.6 is 11.8 Å². The largest absolute Gasteiger partial charge is 0.481 e. The van der Waals surface area contributed by atoms with Gasteiger partial charge in [0, 0.05) is 18.4 Å². The Morgan fingerprint density at radius 2 is 2.17 bits per heavy atom. The lowest BCUT2D eigenvalue weighted by molar-refractivity contribution is -0.153. The van der Waals surface area contributed by atoms with Crippen LogP contribution in [0.25, 0.3) is 0 Å². The number of rotatable bonds is 2. The molecule has 1 N–H and O–H groups in total. The van der Waals surface area contributed by atoms with Crippen LogP contribution in [-0.4, -0.2) is 34.7 Å². The molecule has 2 atom stereocenters. The number of ether oxygens (including phenoxy) is 1. The average molecular weight is 190 g/mol. The van der Waals surface area contributed by atoms with Crippen molar-refractivity contribution in [1.29, 1.82) is 0 Å². The highest BCUT2D eigenvalue weighted by molar-refractivity contribution is 7.99. The van der Waals surface area contributed by atoms with Crippen LogP contribution in [0.3, 0.4) is 0 Å². The Bertz CT molecular complexity index is 204. The predicted octanol–water partition coefficient (Wildman–Crippen LogP) is 0.366. The molecule has 5 heteroatoms. The van der Waals surface area contributed by atoms with Crippen molar-refractivity contribution in [3.63, 3.8) is 0 Å². The van der Waals surface area contributed by atoms with Crippen LogP contribution in [0.15, 0.2) is 0 Å². The van der Waals surface area contributed by atoms with Gasteiger partial charge < -0.3 is 9.84 Å². The number of carboxylic acids is 1. The summed E-state index contributed by atoms with van der Waals surface area (Å²) in [5.41, 5.74) is 0. The zero-order chi connectivity index (χ0) is 9.14. The monoisotopic (exact) mass is 190 g/mol. The summed E-state index contributed by atoms with van der Waals surface area (Å²) >= 11 is 1.50. The fraction of sp³-hybridized carbons (Fsp3) is 0.714. The normalized spacial score (nSPS) is 28.4. The molecule has 1 aliphatic rings. The van der Waals surface area contributed by atoms with E-state index in [4.69, 9.17) is 9.84 Å². The van der Waals surface area contributed by atoms with Gasteiger partial charge >= 0.3 is 11.9 Å². The molecule has 1 heterocycles. The van der Waals surface area contributed by atoms with E-state index in [1.54, 1.807) is 0 Å². The molecule has 0 aliphatic carbocycles. The van der Waals surface area contributed by atoms with Crippen LogP contribution in [0.1, 0.15) is 6.92 Å². The molecule has 4 nitrogen and oxygen atoms in total. The minimum Gasteiger partial charge on any atom is -0.481 e. The number of thioether (sulfide) groups is 1. The van der Waals surface area contributed by atoms with Crippen molar-refractivity contribution in [3.05, 3.63) is 0 Å². The number of hydrogen-bond donors (Lipinski definition) is 1. The summed E-state index contributed by atoms with van der Waals surface area (Å²) in [4.78, 5) is 21.1. The van der Waals surface area contributed by atoms with E-state index in [2.05, 4.69) is 0 Å². The predicted molar refractivity (Wildman–Crippen MR) is 44.0 cm³/mol. The van der Waals surface area contributed by atoms with Crippen LogP contribution in [0.4, 0.5) is 0 Å². The summed E-state index contributed by atoms with van der Waals surface area (Å²) in [5, 5.41) is 8.69. The first-order chi connectivity index (χ1) is 5.61. The summed E-state index contributed by atoms with van der Waals surface area (Å²) in [6.45, 7) is 1.29. The second kappa shape index (κ2) is 3.80. The van der Waals surface area contributed by atoms with Crippen molar-refractivity contribution in [1.82, 2.24) is 0 Å². The first-order valence-corrected chi connectivity index (χ1v) is 4.74. The van der Waals surface area contributed by atoms with Crippen LogP contribution in [0.2, 0.25) is 0 Å². The van der Waals surface area contributed by atoms with Gasteiger partial charge in [0.1, 0.15) is 12.0 Å². The summed E-state index contributed by atoms with van der Waals surface area (Å²) < 4.78 is 4.84. The number of esters is 1. The molecule has 0 aromatic carbocycles. The number of carbonyl (C=O) groups is 2. The SMILES string of the molecule is CC(=O)OC1CSCC1C(=O)O. The number of carboxylic acid groups (broad SMARTS) is 1. The summed E-state index contributed by atoms with van der Waals surface area (Å²) in [6, 6.07) is 0. The Kier molecular flexibility index (Phi) is 2.97. The molecule has 1 aliphatic heterocycles. The van der Waals surface area contributed by atoms with Crippen molar-refractivity contribution in [2.75, 3.05) is 11.5 Å². The molecule has 0 aromatic rings. The van der Waals surface area contributed by atoms with Gasteiger partial charge in [-0.3, -0.25) is 9.59 Å². The molecule has 0 bridgehead atoms. The van der Waals surface area contributed by atoms with E-state index < -0.39 is 24.0 Å². The quantitative estimate of drug-likeness (QED) is 0.637. The zero-order valence-corrected chi connectivity index (χ0v) is 7.47. The molecule has 0 amide bonds. The first kappa shape index (κ1) is 9.38. The van der Waals surface area contributed by atoms with Crippen LogP contribution in [0.5, 0.6) is 0 Å². The van der Waals surface area contributed by atoms with E-state index in [9.17, 15) is 9.59 Å². The third-order valence-corrected chi connectivity index (χ3v) is 2.82. The van der Waals surface area contributed by atoms with Crippen LogP contribution < -0.4 is 0 Å². The van der Waals surface area contributed by atoms with Crippen LogP contribution in [0, 0.1) is 5.92 Å². The molecular formula is C7H10O4S. The van der Waals surface area contributed by atoms with Gasteiger partial charge in [-0.1, -0.05) is 0 Å². The minimum atomic E-state index is -0.883. The van der Waals surface area contributed by atoms with Gasteiger partial charge in [0.15, 0.2) is 0 Å². The zero-order valence-electron chi connectivity index (χ0n) is 6.65. The maximum Gasteiger partial charge on any atom is 0.311 e. The lowest BCUT2D eigenvalue weighted by Crippen LogP contribution is -2.30. The molecule has 1 fully saturated rings. The van der Waals surface area contributed by atoms with E-state index >= 15 is 0 Å². The van der Waals surface area contributed by atoms with E-state index in [1.807, 2.05) is 0 Å². The molecule has 12 heavy (non-hydrogen) atoms. The van der Waals surface area contributed by atoms with E-state index in [0.29, 0.717) is 11.5 Å². The molecular weight excluding hydrogens is 180 g/mol. The third-order valence-electron chi connectivity index (χ3n) is 1.66. The van der Waals surface area contributed by atoms with E-state index in [1.165, 1.54) is 18.7 Å². The molecule has 1 rings (SSSR count). The van der Waals surface area contributed by atoms with Gasteiger partial charge in [-0.2, -0.15) is 11.8 Å².